The predicted molar refractivity (Wildman–Crippen MR) is 134 cm³/mol. The van der Waals surface area contributed by atoms with Crippen LogP contribution in [0.1, 0.15) is 39.9 Å². The van der Waals surface area contributed by atoms with Crippen molar-refractivity contribution in [2.75, 3.05) is 7.11 Å². The number of aryl methyl sites for hydroxylation is 2. The second kappa shape index (κ2) is 11.9. The molecule has 0 aliphatic carbocycles. The van der Waals surface area contributed by atoms with Crippen LogP contribution in [0, 0.1) is 13.8 Å². The zero-order chi connectivity index (χ0) is 25.4. The minimum atomic E-state index is -1.06. The van der Waals surface area contributed by atoms with Crippen molar-refractivity contribution in [1.29, 1.82) is 0 Å². The molecule has 0 saturated carbocycles. The average Bonchev–Trinajstić information content (AvgIpc) is 2.84. The van der Waals surface area contributed by atoms with Crippen LogP contribution in [0.5, 0.6) is 5.75 Å². The molecule has 182 valence electrons. The molecule has 1 atom stereocenters. The van der Waals surface area contributed by atoms with Crippen LogP contribution in [0.3, 0.4) is 0 Å². The lowest BCUT2D eigenvalue weighted by atomic mass is 9.95. The third-order valence-corrected chi connectivity index (χ3v) is 5.82. The van der Waals surface area contributed by atoms with Crippen LogP contribution in [-0.2, 0) is 16.1 Å². The molecule has 3 rings (SSSR count). The second-order valence-corrected chi connectivity index (χ2v) is 8.38. The summed E-state index contributed by atoms with van der Waals surface area (Å²) >= 11 is 0. The van der Waals surface area contributed by atoms with Gasteiger partial charge in [-0.25, -0.2) is 0 Å². The van der Waals surface area contributed by atoms with Crippen LogP contribution in [0.25, 0.3) is 11.1 Å². The molecular formula is C28H30N2O5. The number of carbonyl (C=O) groups excluding carboxylic acids is 2. The fourth-order valence-electron chi connectivity index (χ4n) is 3.86. The van der Waals surface area contributed by atoms with Gasteiger partial charge in [0.2, 0.25) is 5.91 Å². The summed E-state index contributed by atoms with van der Waals surface area (Å²) in [6.07, 6.45) is -0.0578. The van der Waals surface area contributed by atoms with Gasteiger partial charge in [0.05, 0.1) is 7.11 Å². The fourth-order valence-corrected chi connectivity index (χ4v) is 3.86. The first-order valence-corrected chi connectivity index (χ1v) is 11.4. The van der Waals surface area contributed by atoms with E-state index in [2.05, 4.69) is 10.6 Å². The summed E-state index contributed by atoms with van der Waals surface area (Å²) in [5.41, 5.74) is 5.41. The number of imide groups is 1. The van der Waals surface area contributed by atoms with E-state index in [4.69, 9.17) is 4.74 Å². The molecule has 35 heavy (non-hydrogen) atoms. The smallest absolute Gasteiger partial charge is 0.320 e. The van der Waals surface area contributed by atoms with Crippen molar-refractivity contribution in [2.24, 2.45) is 0 Å². The number of carboxylic acids is 1. The van der Waals surface area contributed by atoms with E-state index in [1.807, 2.05) is 62.4 Å². The summed E-state index contributed by atoms with van der Waals surface area (Å²) in [6, 6.07) is 19.7. The molecule has 0 radical (unpaired) electrons. The van der Waals surface area contributed by atoms with Crippen molar-refractivity contribution in [3.05, 3.63) is 89.0 Å². The van der Waals surface area contributed by atoms with Gasteiger partial charge < -0.3 is 15.2 Å². The maximum absolute atomic E-state index is 12.6. The molecule has 0 spiro atoms. The molecule has 0 bridgehead atoms. The normalized spacial score (nSPS) is 11.5. The third-order valence-electron chi connectivity index (χ3n) is 5.82. The minimum absolute atomic E-state index is 0.0453. The molecule has 0 aliphatic rings. The monoisotopic (exact) mass is 474 g/mol. The molecule has 3 aromatic rings. The number of ether oxygens (including phenoxy) is 1. The Bertz CT molecular complexity index is 1220. The molecular weight excluding hydrogens is 444 g/mol. The number of nitrogens with one attached hydrogen (secondary N) is 2. The zero-order valence-corrected chi connectivity index (χ0v) is 20.1. The number of carboxylic acid groups (broad SMARTS) is 1. The summed E-state index contributed by atoms with van der Waals surface area (Å²) in [5.74, 6) is -1.42. The Hall–Kier alpha value is -3.97. The highest BCUT2D eigenvalue weighted by Crippen LogP contribution is 2.27. The Morgan fingerprint density at radius 1 is 0.914 bits per heavy atom. The Balaban J connectivity index is 1.56. The molecule has 0 saturated heterocycles. The lowest BCUT2D eigenvalue weighted by molar-refractivity contribution is -0.139. The number of aliphatic carboxylic acids is 1. The first kappa shape index (κ1) is 25.6. The van der Waals surface area contributed by atoms with Gasteiger partial charge in [-0.2, -0.15) is 0 Å². The minimum Gasteiger partial charge on any atom is -0.497 e. The van der Waals surface area contributed by atoms with Crippen molar-refractivity contribution in [3.8, 4) is 16.9 Å². The SMILES string of the molecule is COc1cccc(CN[C@@H](CCC(=O)NC(=O)c2ccc(-c3ccccc3C)c(C)c2)C(=O)O)c1. The van der Waals surface area contributed by atoms with Gasteiger partial charge in [0.15, 0.2) is 0 Å². The number of methoxy groups -OCH3 is 1. The standard InChI is InChI=1S/C28H30N2O5/c1-18-7-4-5-10-23(18)24-12-11-21(15-19(24)2)27(32)30-26(31)14-13-25(28(33)34)29-17-20-8-6-9-22(16-20)35-3/h4-12,15-16,25,29H,13-14,17H2,1-3H3,(H,33,34)(H,30,31,32)/t25-/m0/s1. The van der Waals surface area contributed by atoms with Crippen LogP contribution < -0.4 is 15.4 Å². The summed E-state index contributed by atoms with van der Waals surface area (Å²) in [6.45, 7) is 4.26. The van der Waals surface area contributed by atoms with Crippen molar-refractivity contribution >= 4 is 17.8 Å². The number of benzene rings is 3. The molecule has 0 heterocycles. The van der Waals surface area contributed by atoms with E-state index in [-0.39, 0.29) is 12.8 Å². The summed E-state index contributed by atoms with van der Waals surface area (Å²) in [7, 11) is 1.56. The molecule has 3 N–H and O–H groups in total. The van der Waals surface area contributed by atoms with Gasteiger partial charge in [-0.3, -0.25) is 19.7 Å². The largest absolute Gasteiger partial charge is 0.497 e. The van der Waals surface area contributed by atoms with Gasteiger partial charge in [-0.15, -0.1) is 0 Å². The van der Waals surface area contributed by atoms with Gasteiger partial charge in [-0.1, -0.05) is 42.5 Å². The van der Waals surface area contributed by atoms with E-state index in [1.54, 1.807) is 25.3 Å². The quantitative estimate of drug-likeness (QED) is 0.406. The summed E-state index contributed by atoms with van der Waals surface area (Å²) in [5, 5.41) is 14.8. The lowest BCUT2D eigenvalue weighted by Gasteiger charge is -2.15. The molecule has 7 nitrogen and oxygen atoms in total. The Kier molecular flexibility index (Phi) is 8.75. The topological polar surface area (TPSA) is 105 Å². The number of hydrogen-bond acceptors (Lipinski definition) is 5. The third kappa shape index (κ3) is 7.01. The van der Waals surface area contributed by atoms with E-state index in [1.165, 1.54) is 0 Å². The van der Waals surface area contributed by atoms with Crippen LogP contribution in [0.15, 0.2) is 66.7 Å². The van der Waals surface area contributed by atoms with E-state index < -0.39 is 23.8 Å². The van der Waals surface area contributed by atoms with Gasteiger partial charge >= 0.3 is 5.97 Å². The number of carbonyl (C=O) groups is 3. The Labute approximate surface area is 205 Å². The zero-order valence-electron chi connectivity index (χ0n) is 20.1. The van der Waals surface area contributed by atoms with E-state index in [0.29, 0.717) is 17.9 Å². The van der Waals surface area contributed by atoms with Crippen molar-refractivity contribution < 1.29 is 24.2 Å². The van der Waals surface area contributed by atoms with Gasteiger partial charge in [0, 0.05) is 18.5 Å². The molecule has 3 aromatic carbocycles. The number of hydrogen-bond donors (Lipinski definition) is 3. The van der Waals surface area contributed by atoms with Crippen LogP contribution in [0.2, 0.25) is 0 Å². The first-order chi connectivity index (χ1) is 16.8. The highest BCUT2D eigenvalue weighted by atomic mass is 16.5. The van der Waals surface area contributed by atoms with Crippen molar-refractivity contribution in [3.63, 3.8) is 0 Å². The van der Waals surface area contributed by atoms with E-state index in [0.717, 1.165) is 27.8 Å². The van der Waals surface area contributed by atoms with E-state index >= 15 is 0 Å². The highest BCUT2D eigenvalue weighted by Gasteiger charge is 2.20. The first-order valence-electron chi connectivity index (χ1n) is 11.4. The van der Waals surface area contributed by atoms with E-state index in [9.17, 15) is 19.5 Å². The molecule has 0 aliphatic heterocycles. The van der Waals surface area contributed by atoms with Gasteiger partial charge in [0.25, 0.3) is 5.91 Å². The van der Waals surface area contributed by atoms with Gasteiger partial charge in [0.1, 0.15) is 11.8 Å². The lowest BCUT2D eigenvalue weighted by Crippen LogP contribution is -2.38. The fraction of sp³-hybridized carbons (Fsp3) is 0.250. The average molecular weight is 475 g/mol. The predicted octanol–water partition coefficient (Wildman–Crippen LogP) is 4.26. The summed E-state index contributed by atoms with van der Waals surface area (Å²) < 4.78 is 5.17. The summed E-state index contributed by atoms with van der Waals surface area (Å²) in [4.78, 5) is 36.6. The van der Waals surface area contributed by atoms with Gasteiger partial charge in [-0.05, 0) is 72.4 Å². The molecule has 2 amide bonds. The number of amides is 2. The maximum Gasteiger partial charge on any atom is 0.320 e. The Morgan fingerprint density at radius 2 is 1.66 bits per heavy atom. The van der Waals surface area contributed by atoms with Crippen LogP contribution in [-0.4, -0.2) is 36.0 Å². The van der Waals surface area contributed by atoms with Crippen LogP contribution >= 0.6 is 0 Å². The van der Waals surface area contributed by atoms with Crippen molar-refractivity contribution in [2.45, 2.75) is 39.3 Å². The molecule has 0 fully saturated rings. The molecule has 7 heteroatoms. The molecule has 0 aromatic heterocycles. The number of rotatable bonds is 10. The molecule has 0 unspecified atom stereocenters. The van der Waals surface area contributed by atoms with Crippen molar-refractivity contribution in [1.82, 2.24) is 10.6 Å². The highest BCUT2D eigenvalue weighted by molar-refractivity contribution is 6.05. The second-order valence-electron chi connectivity index (χ2n) is 8.38. The Morgan fingerprint density at radius 3 is 2.34 bits per heavy atom. The van der Waals surface area contributed by atoms with Crippen LogP contribution in [0.4, 0.5) is 0 Å². The maximum atomic E-state index is 12.6.